The molecule has 2 aromatic carbocycles. The summed E-state index contributed by atoms with van der Waals surface area (Å²) in [5.74, 6) is 6.45. The monoisotopic (exact) mass is 452 g/mol. The normalized spacial score (nSPS) is 23.3. The van der Waals surface area contributed by atoms with E-state index in [2.05, 4.69) is 25.7 Å². The molecule has 2 fully saturated rings. The first-order valence-electron chi connectivity index (χ1n) is 10.9. The Morgan fingerprint density at radius 2 is 1.78 bits per heavy atom. The van der Waals surface area contributed by atoms with E-state index in [1.807, 2.05) is 24.3 Å². The van der Waals surface area contributed by atoms with E-state index in [0.717, 1.165) is 17.5 Å². The van der Waals surface area contributed by atoms with Crippen molar-refractivity contribution in [2.75, 3.05) is 19.7 Å². The lowest BCUT2D eigenvalue weighted by atomic mass is 9.74. The number of nitrogens with zero attached hydrogens (tertiary/aromatic N) is 2. The number of aliphatic hydroxyl groups is 1. The number of amides is 1. The van der Waals surface area contributed by atoms with Crippen molar-refractivity contribution in [1.82, 2.24) is 9.21 Å². The van der Waals surface area contributed by atoms with Crippen LogP contribution < -0.4 is 0 Å². The van der Waals surface area contributed by atoms with Gasteiger partial charge in [-0.1, -0.05) is 56.0 Å². The molecule has 7 heteroatoms. The van der Waals surface area contributed by atoms with Crippen molar-refractivity contribution in [3.63, 3.8) is 0 Å². The van der Waals surface area contributed by atoms with Crippen molar-refractivity contribution in [3.05, 3.63) is 65.7 Å². The average Bonchev–Trinajstić information content (AvgIpc) is 2.76. The van der Waals surface area contributed by atoms with Gasteiger partial charge in [-0.25, -0.2) is 8.42 Å². The van der Waals surface area contributed by atoms with Crippen molar-refractivity contribution < 1.29 is 18.3 Å². The highest BCUT2D eigenvalue weighted by molar-refractivity contribution is 7.89. The first kappa shape index (κ1) is 22.5. The number of hydrogen-bond acceptors (Lipinski definition) is 4. The summed E-state index contributed by atoms with van der Waals surface area (Å²) < 4.78 is 27.4. The van der Waals surface area contributed by atoms with Crippen molar-refractivity contribution >= 4 is 15.9 Å². The van der Waals surface area contributed by atoms with Crippen LogP contribution in [0.15, 0.2) is 59.5 Å². The molecule has 0 saturated carbocycles. The van der Waals surface area contributed by atoms with Gasteiger partial charge in [0, 0.05) is 24.4 Å². The highest BCUT2D eigenvalue weighted by Crippen LogP contribution is 2.43. The molecule has 0 aromatic heterocycles. The molecule has 1 amide bonds. The fraction of sp³-hybridized carbons (Fsp3) is 0.400. The Morgan fingerprint density at radius 1 is 1.09 bits per heavy atom. The molecule has 1 N–H and O–H groups in total. The standard InChI is InChI=1S/C25H28N2O4S/c1-18(2)7-6-8-19-11-13-20(14-12-19)25-22-15-26(16-24(29)27(22)23(25)17-28)32(30,31)21-9-4-3-5-10-21/h3-5,9-14,18,22-23,25,28H,7,15-17H2,1-2H3/t22-,23+,25+/m0/s1. The van der Waals surface area contributed by atoms with Crippen LogP contribution in [0.2, 0.25) is 0 Å². The van der Waals surface area contributed by atoms with Crippen molar-refractivity contribution in [2.24, 2.45) is 5.92 Å². The summed E-state index contributed by atoms with van der Waals surface area (Å²) in [6, 6.07) is 15.4. The van der Waals surface area contributed by atoms with Crippen LogP contribution in [0.25, 0.3) is 0 Å². The molecular weight excluding hydrogens is 424 g/mol. The Hall–Kier alpha value is -2.66. The number of carbonyl (C=O) groups is 1. The minimum atomic E-state index is -3.77. The first-order valence-corrected chi connectivity index (χ1v) is 12.3. The fourth-order valence-corrected chi connectivity index (χ4v) is 5.97. The highest BCUT2D eigenvalue weighted by atomic mass is 32.2. The molecule has 2 saturated heterocycles. The molecule has 0 spiro atoms. The summed E-state index contributed by atoms with van der Waals surface area (Å²) in [7, 11) is -3.77. The summed E-state index contributed by atoms with van der Waals surface area (Å²) >= 11 is 0. The van der Waals surface area contributed by atoms with Crippen LogP contribution in [0.1, 0.15) is 37.3 Å². The van der Waals surface area contributed by atoms with Crippen LogP contribution in [-0.2, 0) is 14.8 Å². The van der Waals surface area contributed by atoms with E-state index < -0.39 is 10.0 Å². The first-order chi connectivity index (χ1) is 15.3. The van der Waals surface area contributed by atoms with Gasteiger partial charge in [-0.05, 0) is 35.7 Å². The van der Waals surface area contributed by atoms with E-state index >= 15 is 0 Å². The third kappa shape index (κ3) is 4.18. The molecule has 4 rings (SSSR count). The molecule has 2 aliphatic rings. The average molecular weight is 453 g/mol. The van der Waals surface area contributed by atoms with Crippen LogP contribution in [0.4, 0.5) is 0 Å². The van der Waals surface area contributed by atoms with E-state index in [0.29, 0.717) is 5.92 Å². The van der Waals surface area contributed by atoms with Crippen LogP contribution in [0, 0.1) is 17.8 Å². The molecule has 3 atom stereocenters. The predicted molar refractivity (Wildman–Crippen MR) is 122 cm³/mol. The lowest BCUT2D eigenvalue weighted by molar-refractivity contribution is -0.158. The molecule has 6 nitrogen and oxygen atoms in total. The van der Waals surface area contributed by atoms with Gasteiger partial charge in [-0.15, -0.1) is 0 Å². The fourth-order valence-electron chi connectivity index (χ4n) is 4.54. The van der Waals surface area contributed by atoms with Gasteiger partial charge in [0.25, 0.3) is 0 Å². The minimum Gasteiger partial charge on any atom is -0.394 e. The molecule has 0 radical (unpaired) electrons. The molecule has 168 valence electrons. The Morgan fingerprint density at radius 3 is 2.41 bits per heavy atom. The lowest BCUT2D eigenvalue weighted by Gasteiger charge is -2.58. The van der Waals surface area contributed by atoms with Crippen LogP contribution in [0.3, 0.4) is 0 Å². The van der Waals surface area contributed by atoms with Crippen molar-refractivity contribution in [1.29, 1.82) is 0 Å². The number of rotatable bonds is 5. The minimum absolute atomic E-state index is 0.129. The number of benzene rings is 2. The SMILES string of the molecule is CC(C)CC#Cc1ccc([C@H]2[C@@H](CO)N3C(=O)CN(S(=O)(=O)c4ccccc4)C[C@@H]23)cc1. The van der Waals surface area contributed by atoms with Crippen LogP contribution in [-0.4, -0.2) is 60.4 Å². The van der Waals surface area contributed by atoms with E-state index in [1.165, 1.54) is 4.31 Å². The number of aliphatic hydroxyl groups excluding tert-OH is 1. The molecule has 32 heavy (non-hydrogen) atoms. The van der Waals surface area contributed by atoms with Crippen molar-refractivity contribution in [3.8, 4) is 11.8 Å². The zero-order chi connectivity index (χ0) is 22.9. The lowest BCUT2D eigenvalue weighted by Crippen LogP contribution is -2.73. The third-order valence-corrected chi connectivity index (χ3v) is 7.97. The second kappa shape index (κ2) is 9.07. The summed E-state index contributed by atoms with van der Waals surface area (Å²) in [6.45, 7) is 4.10. The van der Waals surface area contributed by atoms with E-state index in [1.54, 1.807) is 35.2 Å². The molecule has 2 aliphatic heterocycles. The topological polar surface area (TPSA) is 77.9 Å². The van der Waals surface area contributed by atoms with E-state index in [-0.39, 0.29) is 48.5 Å². The molecule has 0 unspecified atom stereocenters. The maximum absolute atomic E-state index is 13.1. The Balaban J connectivity index is 1.56. The Kier molecular flexibility index (Phi) is 6.38. The third-order valence-electron chi connectivity index (χ3n) is 6.14. The molecule has 2 aromatic rings. The summed E-state index contributed by atoms with van der Waals surface area (Å²) in [5.41, 5.74) is 1.89. The second-order valence-electron chi connectivity index (χ2n) is 8.78. The second-order valence-corrected chi connectivity index (χ2v) is 10.7. The van der Waals surface area contributed by atoms with Gasteiger partial charge in [0.2, 0.25) is 15.9 Å². The van der Waals surface area contributed by atoms with Crippen molar-refractivity contribution in [2.45, 2.75) is 43.2 Å². The summed E-state index contributed by atoms with van der Waals surface area (Å²) in [5, 5.41) is 9.95. The van der Waals surface area contributed by atoms with Gasteiger partial charge in [0.1, 0.15) is 0 Å². The number of sulfonamides is 1. The van der Waals surface area contributed by atoms with Gasteiger partial charge < -0.3 is 10.0 Å². The van der Waals surface area contributed by atoms with Gasteiger partial charge in [0.15, 0.2) is 0 Å². The Labute approximate surface area is 189 Å². The smallest absolute Gasteiger partial charge is 0.243 e. The number of carbonyl (C=O) groups excluding carboxylic acids is 1. The number of hydrogen-bond donors (Lipinski definition) is 1. The van der Waals surface area contributed by atoms with Gasteiger partial charge in [-0.2, -0.15) is 4.31 Å². The van der Waals surface area contributed by atoms with E-state index in [4.69, 9.17) is 0 Å². The summed E-state index contributed by atoms with van der Waals surface area (Å²) in [4.78, 5) is 14.6. The summed E-state index contributed by atoms with van der Waals surface area (Å²) in [6.07, 6.45) is 0.835. The quantitative estimate of drug-likeness (QED) is 0.707. The molecule has 2 heterocycles. The Bertz CT molecular complexity index is 1130. The molecule has 0 bridgehead atoms. The largest absolute Gasteiger partial charge is 0.394 e. The van der Waals surface area contributed by atoms with Gasteiger partial charge in [-0.3, -0.25) is 4.79 Å². The van der Waals surface area contributed by atoms with Crippen LogP contribution in [0.5, 0.6) is 0 Å². The van der Waals surface area contributed by atoms with Crippen LogP contribution >= 0.6 is 0 Å². The van der Waals surface area contributed by atoms with Gasteiger partial charge in [0.05, 0.1) is 30.1 Å². The van der Waals surface area contributed by atoms with E-state index in [9.17, 15) is 18.3 Å². The highest BCUT2D eigenvalue weighted by Gasteiger charge is 2.55. The number of piperazine rings is 1. The zero-order valence-corrected chi connectivity index (χ0v) is 19.1. The zero-order valence-electron chi connectivity index (χ0n) is 18.3. The number of fused-ring (bicyclic) bond motifs is 1. The maximum atomic E-state index is 13.1. The molecule has 0 aliphatic carbocycles. The van der Waals surface area contributed by atoms with Gasteiger partial charge >= 0.3 is 0 Å². The maximum Gasteiger partial charge on any atom is 0.243 e. The predicted octanol–water partition coefficient (Wildman–Crippen LogP) is 2.44. The molecular formula is C25H28N2O4S.